The normalized spacial score (nSPS) is 15.2. The first-order chi connectivity index (χ1) is 12.3. The van der Waals surface area contributed by atoms with Crippen molar-refractivity contribution in [3.63, 3.8) is 0 Å². The first-order valence-corrected chi connectivity index (χ1v) is 9.30. The smallest absolute Gasteiger partial charge is 0.297 e. The fourth-order valence-electron chi connectivity index (χ4n) is 2.61. The Labute approximate surface area is 150 Å². The van der Waals surface area contributed by atoms with E-state index in [1.165, 1.54) is 24.3 Å². The van der Waals surface area contributed by atoms with E-state index in [1.54, 1.807) is 24.3 Å². The molecule has 8 heteroatoms. The largest absolute Gasteiger partial charge is 0.389 e. The van der Waals surface area contributed by atoms with Crippen molar-refractivity contribution < 1.29 is 27.3 Å². The van der Waals surface area contributed by atoms with Gasteiger partial charge in [0.15, 0.2) is 0 Å². The number of aryl methyl sites for hydroxylation is 1. The van der Waals surface area contributed by atoms with Gasteiger partial charge in [0.05, 0.1) is 35.3 Å². The third-order valence-electron chi connectivity index (χ3n) is 4.00. The third-order valence-corrected chi connectivity index (χ3v) is 5.29. The SMILES string of the molecule is Cc1ccc(S(=O)(=O)OC[C@@H](O)CN2C(=O)c3ccccc3C2=O)cc1. The highest BCUT2D eigenvalue weighted by Crippen LogP contribution is 2.22. The number of aliphatic hydroxyl groups is 1. The molecule has 3 rings (SSSR count). The summed E-state index contributed by atoms with van der Waals surface area (Å²) in [5.74, 6) is -1.04. The van der Waals surface area contributed by atoms with E-state index in [-0.39, 0.29) is 22.6 Å². The van der Waals surface area contributed by atoms with Crippen molar-refractivity contribution in [1.82, 2.24) is 4.90 Å². The van der Waals surface area contributed by atoms with Gasteiger partial charge in [0.25, 0.3) is 21.9 Å². The van der Waals surface area contributed by atoms with Gasteiger partial charge >= 0.3 is 0 Å². The Morgan fingerprint density at radius 1 is 1.00 bits per heavy atom. The van der Waals surface area contributed by atoms with Gasteiger partial charge in [-0.2, -0.15) is 8.42 Å². The molecule has 1 heterocycles. The number of fused-ring (bicyclic) bond motifs is 1. The highest BCUT2D eigenvalue weighted by Gasteiger charge is 2.36. The fraction of sp³-hybridized carbons (Fsp3) is 0.222. The van der Waals surface area contributed by atoms with Crippen molar-refractivity contribution in [1.29, 1.82) is 0 Å². The Morgan fingerprint density at radius 3 is 2.08 bits per heavy atom. The lowest BCUT2D eigenvalue weighted by Gasteiger charge is -2.18. The molecule has 26 heavy (non-hydrogen) atoms. The first-order valence-electron chi connectivity index (χ1n) is 7.89. The summed E-state index contributed by atoms with van der Waals surface area (Å²) >= 11 is 0. The van der Waals surface area contributed by atoms with Crippen molar-refractivity contribution in [2.45, 2.75) is 17.9 Å². The van der Waals surface area contributed by atoms with E-state index in [4.69, 9.17) is 4.18 Å². The second-order valence-electron chi connectivity index (χ2n) is 5.97. The van der Waals surface area contributed by atoms with Gasteiger partial charge in [-0.25, -0.2) is 0 Å². The van der Waals surface area contributed by atoms with Crippen LogP contribution in [-0.2, 0) is 14.3 Å². The molecule has 0 saturated heterocycles. The molecule has 1 aliphatic heterocycles. The standard InChI is InChI=1S/C18H17NO6S/c1-12-6-8-14(9-7-12)26(23,24)25-11-13(20)10-19-17(21)15-4-2-3-5-16(15)18(19)22/h2-9,13,20H,10-11H2,1H3/t13-/m0/s1. The Morgan fingerprint density at radius 2 is 1.54 bits per heavy atom. The van der Waals surface area contributed by atoms with Gasteiger partial charge in [-0.15, -0.1) is 0 Å². The number of β-amino-alcohol motifs (C(OH)–C–C–N with tert-alkyl or cyclic N) is 1. The minimum absolute atomic E-state index is 0.0315. The highest BCUT2D eigenvalue weighted by atomic mass is 32.2. The number of benzene rings is 2. The van der Waals surface area contributed by atoms with Crippen molar-refractivity contribution in [2.75, 3.05) is 13.2 Å². The number of amides is 2. The summed E-state index contributed by atoms with van der Waals surface area (Å²) in [5.41, 5.74) is 1.42. The maximum Gasteiger partial charge on any atom is 0.297 e. The summed E-state index contributed by atoms with van der Waals surface area (Å²) in [5, 5.41) is 10.0. The van der Waals surface area contributed by atoms with Crippen LogP contribution in [0, 0.1) is 6.92 Å². The zero-order valence-corrected chi connectivity index (χ0v) is 14.8. The van der Waals surface area contributed by atoms with Crippen LogP contribution in [0.2, 0.25) is 0 Å². The van der Waals surface area contributed by atoms with Crippen LogP contribution in [0.4, 0.5) is 0 Å². The van der Waals surface area contributed by atoms with E-state index in [2.05, 4.69) is 0 Å². The predicted molar refractivity (Wildman–Crippen MR) is 92.1 cm³/mol. The summed E-state index contributed by atoms with van der Waals surface area (Å²) < 4.78 is 29.1. The monoisotopic (exact) mass is 375 g/mol. The van der Waals surface area contributed by atoms with Crippen LogP contribution in [0.15, 0.2) is 53.4 Å². The number of hydrogen-bond acceptors (Lipinski definition) is 6. The summed E-state index contributed by atoms with van der Waals surface area (Å²) in [6.45, 7) is 0.905. The Balaban J connectivity index is 1.63. The number of imide groups is 1. The molecule has 1 atom stereocenters. The van der Waals surface area contributed by atoms with Crippen molar-refractivity contribution in [3.8, 4) is 0 Å². The van der Waals surface area contributed by atoms with Crippen molar-refractivity contribution in [2.24, 2.45) is 0 Å². The Hall–Kier alpha value is -2.55. The summed E-state index contributed by atoms with van der Waals surface area (Å²) in [4.78, 5) is 25.3. The van der Waals surface area contributed by atoms with Gasteiger partial charge in [-0.1, -0.05) is 29.8 Å². The molecule has 0 fully saturated rings. The molecule has 1 aliphatic rings. The lowest BCUT2D eigenvalue weighted by molar-refractivity contribution is 0.0465. The lowest BCUT2D eigenvalue weighted by atomic mass is 10.1. The van der Waals surface area contributed by atoms with Crippen LogP contribution in [-0.4, -0.2) is 49.5 Å². The van der Waals surface area contributed by atoms with Crippen molar-refractivity contribution in [3.05, 3.63) is 65.2 Å². The van der Waals surface area contributed by atoms with E-state index in [0.717, 1.165) is 10.5 Å². The van der Waals surface area contributed by atoms with Gasteiger partial charge in [0.2, 0.25) is 0 Å². The zero-order chi connectivity index (χ0) is 18.9. The van der Waals surface area contributed by atoms with E-state index in [9.17, 15) is 23.1 Å². The molecule has 7 nitrogen and oxygen atoms in total. The second-order valence-corrected chi connectivity index (χ2v) is 7.59. The lowest BCUT2D eigenvalue weighted by Crippen LogP contribution is -2.39. The minimum Gasteiger partial charge on any atom is -0.389 e. The molecule has 0 aliphatic carbocycles. The Kier molecular flexibility index (Phi) is 4.90. The summed E-state index contributed by atoms with van der Waals surface area (Å²) in [6.07, 6.45) is -1.34. The second kappa shape index (κ2) is 6.99. The quantitative estimate of drug-likeness (QED) is 0.604. The van der Waals surface area contributed by atoms with Crippen LogP contribution < -0.4 is 0 Å². The summed E-state index contributed by atoms with van der Waals surface area (Å²) in [6, 6.07) is 12.4. The number of rotatable bonds is 6. The molecular weight excluding hydrogens is 358 g/mol. The fourth-order valence-corrected chi connectivity index (χ4v) is 3.55. The average Bonchev–Trinajstić information content (AvgIpc) is 2.86. The van der Waals surface area contributed by atoms with E-state index in [1.807, 2.05) is 6.92 Å². The molecule has 2 aromatic rings. The van der Waals surface area contributed by atoms with Crippen LogP contribution in [0.1, 0.15) is 26.3 Å². The molecule has 0 saturated carbocycles. The minimum atomic E-state index is -4.03. The van der Waals surface area contributed by atoms with Gasteiger partial charge in [-0.05, 0) is 31.2 Å². The van der Waals surface area contributed by atoms with Crippen LogP contribution >= 0.6 is 0 Å². The van der Waals surface area contributed by atoms with Crippen LogP contribution in [0.3, 0.4) is 0 Å². The molecule has 0 radical (unpaired) electrons. The molecule has 0 unspecified atom stereocenters. The summed E-state index contributed by atoms with van der Waals surface area (Å²) in [7, 11) is -4.03. The third kappa shape index (κ3) is 3.52. The maximum absolute atomic E-state index is 12.2. The molecule has 0 spiro atoms. The van der Waals surface area contributed by atoms with Gasteiger partial charge in [0, 0.05) is 0 Å². The van der Waals surface area contributed by atoms with Crippen LogP contribution in [0.25, 0.3) is 0 Å². The van der Waals surface area contributed by atoms with Crippen LogP contribution in [0.5, 0.6) is 0 Å². The van der Waals surface area contributed by atoms with Gasteiger partial charge in [0.1, 0.15) is 0 Å². The van der Waals surface area contributed by atoms with Gasteiger partial charge < -0.3 is 5.11 Å². The average molecular weight is 375 g/mol. The van der Waals surface area contributed by atoms with Gasteiger partial charge in [-0.3, -0.25) is 18.7 Å². The maximum atomic E-state index is 12.2. The van der Waals surface area contributed by atoms with E-state index >= 15 is 0 Å². The number of hydrogen-bond donors (Lipinski definition) is 1. The zero-order valence-electron chi connectivity index (χ0n) is 14.0. The molecule has 2 aromatic carbocycles. The topological polar surface area (TPSA) is 101 Å². The number of aliphatic hydroxyl groups excluding tert-OH is 1. The molecule has 2 amide bonds. The van der Waals surface area contributed by atoms with E-state index in [0.29, 0.717) is 0 Å². The molecule has 0 aromatic heterocycles. The molecule has 0 bridgehead atoms. The molecule has 136 valence electrons. The van der Waals surface area contributed by atoms with E-state index < -0.39 is 34.6 Å². The predicted octanol–water partition coefficient (Wildman–Crippen LogP) is 1.36. The number of carbonyl (C=O) groups excluding carboxylic acids is 2. The van der Waals surface area contributed by atoms with Crippen molar-refractivity contribution >= 4 is 21.9 Å². The first kappa shape index (κ1) is 18.2. The number of nitrogens with zero attached hydrogens (tertiary/aromatic N) is 1. The Bertz CT molecular complexity index is 917. The number of carbonyl (C=O) groups is 2. The molecule has 1 N–H and O–H groups in total. The molecular formula is C18H17NO6S. The highest BCUT2D eigenvalue weighted by molar-refractivity contribution is 7.86.